The number of halogens is 3. The van der Waals surface area contributed by atoms with Crippen LogP contribution in [0.3, 0.4) is 0 Å². The number of benzene rings is 2. The number of nitrogens with one attached hydrogen (secondary N) is 1. The lowest BCUT2D eigenvalue weighted by molar-refractivity contribution is -0.141. The Morgan fingerprint density at radius 1 is 1.03 bits per heavy atom. The van der Waals surface area contributed by atoms with Gasteiger partial charge in [0.25, 0.3) is 0 Å². The number of carbonyl (C=O) groups is 2. The monoisotopic (exact) mass is 603 g/mol. The maximum atomic E-state index is 13.5. The molecule has 2 amide bonds. The topological polar surface area (TPSA) is 86.8 Å². The highest BCUT2D eigenvalue weighted by Gasteiger charge is 2.29. The Balaban J connectivity index is 2.28. The van der Waals surface area contributed by atoms with Crippen LogP contribution < -0.4 is 9.62 Å². The maximum absolute atomic E-state index is 13.5. The molecular weight excluding hydrogens is 569 g/mol. The second-order valence-electron chi connectivity index (χ2n) is 9.69. The minimum absolute atomic E-state index is 0.0325. The van der Waals surface area contributed by atoms with Crippen LogP contribution in [0.4, 0.5) is 5.69 Å². The third-order valence-electron chi connectivity index (χ3n) is 6.02. The third kappa shape index (κ3) is 9.33. The summed E-state index contributed by atoms with van der Waals surface area (Å²) in [4.78, 5) is 28.1. The molecule has 11 heteroatoms. The number of carbonyl (C=O) groups excluding carboxylic acids is 2. The molecule has 0 aliphatic rings. The Hall–Kier alpha value is -2.00. The standard InChI is InChI=1S/C27H36Cl3N3O4S/c1-6-24(27(35)31-16-18(2)3)32(17-20-10-12-21(28)14-23(20)30)26(34)8-7-13-33(38(5,36)37)25-15-22(29)11-9-19(25)4/h9-12,14-15,18,24H,6-8,13,16-17H2,1-5H3,(H,31,35)/t24-/m0/s1. The van der Waals surface area contributed by atoms with Crippen molar-refractivity contribution in [2.24, 2.45) is 5.92 Å². The van der Waals surface area contributed by atoms with Crippen molar-refractivity contribution in [3.05, 3.63) is 62.6 Å². The average Bonchev–Trinajstić information content (AvgIpc) is 2.82. The first-order chi connectivity index (χ1) is 17.7. The number of sulfonamides is 1. The molecule has 0 spiro atoms. The lowest BCUT2D eigenvalue weighted by Crippen LogP contribution is -2.49. The van der Waals surface area contributed by atoms with Crippen LogP contribution in [0.5, 0.6) is 0 Å². The van der Waals surface area contributed by atoms with E-state index in [-0.39, 0.29) is 43.7 Å². The molecule has 0 saturated heterocycles. The van der Waals surface area contributed by atoms with Gasteiger partial charge in [-0.15, -0.1) is 0 Å². The summed E-state index contributed by atoms with van der Waals surface area (Å²) in [6, 6.07) is 9.34. The van der Waals surface area contributed by atoms with Gasteiger partial charge in [0.05, 0.1) is 11.9 Å². The Kier molecular flexibility index (Phi) is 12.2. The predicted molar refractivity (Wildman–Crippen MR) is 157 cm³/mol. The van der Waals surface area contributed by atoms with Gasteiger partial charge < -0.3 is 10.2 Å². The zero-order chi connectivity index (χ0) is 28.6. The van der Waals surface area contributed by atoms with Gasteiger partial charge in [0.1, 0.15) is 6.04 Å². The van der Waals surface area contributed by atoms with E-state index in [1.54, 1.807) is 43.3 Å². The molecule has 2 aromatic carbocycles. The fraction of sp³-hybridized carbons (Fsp3) is 0.481. The van der Waals surface area contributed by atoms with Gasteiger partial charge in [-0.3, -0.25) is 13.9 Å². The largest absolute Gasteiger partial charge is 0.354 e. The van der Waals surface area contributed by atoms with Crippen LogP contribution in [-0.2, 0) is 26.2 Å². The lowest BCUT2D eigenvalue weighted by atomic mass is 10.1. The van der Waals surface area contributed by atoms with Crippen molar-refractivity contribution in [2.75, 3.05) is 23.7 Å². The molecule has 0 bridgehead atoms. The van der Waals surface area contributed by atoms with Crippen LogP contribution in [0.25, 0.3) is 0 Å². The van der Waals surface area contributed by atoms with E-state index in [4.69, 9.17) is 34.8 Å². The van der Waals surface area contributed by atoms with Crippen molar-refractivity contribution in [3.63, 3.8) is 0 Å². The molecule has 1 atom stereocenters. The minimum Gasteiger partial charge on any atom is -0.354 e. The van der Waals surface area contributed by atoms with E-state index < -0.39 is 16.1 Å². The minimum atomic E-state index is -3.63. The molecule has 0 unspecified atom stereocenters. The number of nitrogens with zero attached hydrogens (tertiary/aromatic N) is 2. The van der Waals surface area contributed by atoms with Crippen molar-refractivity contribution >= 4 is 62.3 Å². The SMILES string of the molecule is CC[C@@H](C(=O)NCC(C)C)N(Cc1ccc(Cl)cc1Cl)C(=O)CCCN(c1cc(Cl)ccc1C)S(C)(=O)=O. The Morgan fingerprint density at radius 2 is 1.66 bits per heavy atom. The Bertz CT molecular complexity index is 1240. The van der Waals surface area contributed by atoms with E-state index >= 15 is 0 Å². The molecular formula is C27H36Cl3N3O4S. The summed E-state index contributed by atoms with van der Waals surface area (Å²) in [5.74, 6) is -0.269. The summed E-state index contributed by atoms with van der Waals surface area (Å²) >= 11 is 18.6. The van der Waals surface area contributed by atoms with E-state index in [1.165, 1.54) is 9.21 Å². The fourth-order valence-electron chi connectivity index (χ4n) is 4.01. The van der Waals surface area contributed by atoms with Crippen molar-refractivity contribution in [3.8, 4) is 0 Å². The molecule has 38 heavy (non-hydrogen) atoms. The summed E-state index contributed by atoms with van der Waals surface area (Å²) in [6.07, 6.45) is 1.80. The first-order valence-corrected chi connectivity index (χ1v) is 15.5. The smallest absolute Gasteiger partial charge is 0.242 e. The zero-order valence-corrected chi connectivity index (χ0v) is 25.5. The van der Waals surface area contributed by atoms with E-state index in [2.05, 4.69) is 5.32 Å². The van der Waals surface area contributed by atoms with Gasteiger partial charge in [-0.2, -0.15) is 0 Å². The summed E-state index contributed by atoms with van der Waals surface area (Å²) in [5.41, 5.74) is 1.88. The van der Waals surface area contributed by atoms with Crippen molar-refractivity contribution < 1.29 is 18.0 Å². The molecule has 2 rings (SSSR count). The first kappa shape index (κ1) is 32.2. The highest BCUT2D eigenvalue weighted by atomic mass is 35.5. The van der Waals surface area contributed by atoms with Crippen molar-refractivity contribution in [2.45, 2.75) is 59.5 Å². The van der Waals surface area contributed by atoms with Crippen molar-refractivity contribution in [1.29, 1.82) is 0 Å². The number of anilines is 1. The third-order valence-corrected chi connectivity index (χ3v) is 8.02. The van der Waals surface area contributed by atoms with Gasteiger partial charge in [-0.1, -0.05) is 67.7 Å². The predicted octanol–water partition coefficient (Wildman–Crippen LogP) is 6.08. The molecule has 0 radical (unpaired) electrons. The van der Waals surface area contributed by atoms with Crippen LogP contribution in [0.1, 0.15) is 51.2 Å². The average molecular weight is 605 g/mol. The van der Waals surface area contributed by atoms with E-state index in [9.17, 15) is 18.0 Å². The van der Waals surface area contributed by atoms with Gasteiger partial charge in [0.15, 0.2) is 0 Å². The second-order valence-corrected chi connectivity index (χ2v) is 12.9. The highest BCUT2D eigenvalue weighted by Crippen LogP contribution is 2.27. The molecule has 0 saturated carbocycles. The number of rotatable bonds is 13. The first-order valence-electron chi connectivity index (χ1n) is 12.5. The van der Waals surface area contributed by atoms with Crippen molar-refractivity contribution in [1.82, 2.24) is 10.2 Å². The van der Waals surface area contributed by atoms with Gasteiger partial charge in [-0.05, 0) is 61.1 Å². The molecule has 0 aromatic heterocycles. The van der Waals surface area contributed by atoms with E-state index in [0.717, 1.165) is 11.8 Å². The van der Waals surface area contributed by atoms with Crippen LogP contribution in [0, 0.1) is 12.8 Å². The van der Waals surface area contributed by atoms with Crippen LogP contribution in [-0.4, -0.2) is 50.5 Å². The number of hydrogen-bond acceptors (Lipinski definition) is 4. The molecule has 1 N–H and O–H groups in total. The lowest BCUT2D eigenvalue weighted by Gasteiger charge is -2.31. The molecule has 0 heterocycles. The highest BCUT2D eigenvalue weighted by molar-refractivity contribution is 7.92. The second kappa shape index (κ2) is 14.4. The van der Waals surface area contributed by atoms with Gasteiger partial charge in [-0.25, -0.2) is 8.42 Å². The van der Waals surface area contributed by atoms with Gasteiger partial charge >= 0.3 is 0 Å². The molecule has 0 aliphatic carbocycles. The molecule has 210 valence electrons. The normalized spacial score (nSPS) is 12.3. The molecule has 0 aliphatic heterocycles. The summed E-state index contributed by atoms with van der Waals surface area (Å²) in [7, 11) is -3.63. The van der Waals surface area contributed by atoms with Crippen LogP contribution in [0.15, 0.2) is 36.4 Å². The van der Waals surface area contributed by atoms with E-state index in [1.807, 2.05) is 20.8 Å². The fourth-order valence-corrected chi connectivity index (χ4v) is 5.66. The summed E-state index contributed by atoms with van der Waals surface area (Å²) < 4.78 is 26.4. The molecule has 2 aromatic rings. The Labute approximate surface area is 241 Å². The van der Waals surface area contributed by atoms with E-state index in [0.29, 0.717) is 39.3 Å². The zero-order valence-electron chi connectivity index (χ0n) is 22.4. The molecule has 7 nitrogen and oxygen atoms in total. The maximum Gasteiger partial charge on any atom is 0.242 e. The number of amides is 2. The summed E-state index contributed by atoms with van der Waals surface area (Å²) in [6.45, 7) is 8.31. The quantitative estimate of drug-likeness (QED) is 0.300. The van der Waals surface area contributed by atoms with Crippen LogP contribution in [0.2, 0.25) is 15.1 Å². The summed E-state index contributed by atoms with van der Waals surface area (Å²) in [5, 5.41) is 4.20. The van der Waals surface area contributed by atoms with Crippen LogP contribution >= 0.6 is 34.8 Å². The Morgan fingerprint density at radius 3 is 2.24 bits per heavy atom. The number of hydrogen-bond donors (Lipinski definition) is 1. The molecule has 0 fully saturated rings. The van der Waals surface area contributed by atoms with Gasteiger partial charge in [0.2, 0.25) is 21.8 Å². The van der Waals surface area contributed by atoms with Gasteiger partial charge in [0, 0.05) is 41.1 Å². The number of aryl methyl sites for hydroxylation is 1.